The fourth-order valence-electron chi connectivity index (χ4n) is 3.39. The summed E-state index contributed by atoms with van der Waals surface area (Å²) in [4.78, 5) is 12.6. The number of hydrogen-bond acceptors (Lipinski definition) is 4. The van der Waals surface area contributed by atoms with Crippen LogP contribution in [0.2, 0.25) is 0 Å². The molecular weight excluding hydrogens is 318 g/mol. The smallest absolute Gasteiger partial charge is 0.255 e. The van der Waals surface area contributed by atoms with Gasteiger partial charge in [0.05, 0.1) is 31.7 Å². The van der Waals surface area contributed by atoms with Crippen molar-refractivity contribution < 1.29 is 14.3 Å². The first-order chi connectivity index (χ1) is 12.2. The number of nitrogens with zero attached hydrogens (tertiary/aromatic N) is 1. The fourth-order valence-corrected chi connectivity index (χ4v) is 3.39. The zero-order chi connectivity index (χ0) is 17.6. The van der Waals surface area contributed by atoms with Gasteiger partial charge >= 0.3 is 0 Å². The van der Waals surface area contributed by atoms with Gasteiger partial charge in [0.15, 0.2) is 11.5 Å². The Hall–Kier alpha value is -2.50. The second kappa shape index (κ2) is 8.05. The molecule has 0 unspecified atom stereocenters. The lowest BCUT2D eigenvalue weighted by atomic mass is 9.89. The molecule has 1 aromatic carbocycles. The summed E-state index contributed by atoms with van der Waals surface area (Å²) in [5.74, 6) is 1.76. The summed E-state index contributed by atoms with van der Waals surface area (Å²) in [6, 6.07) is 5.54. The number of carbonyl (C=O) groups excluding carboxylic acids is 1. The molecule has 0 aliphatic heterocycles. The second-order valence-electron chi connectivity index (χ2n) is 6.44. The van der Waals surface area contributed by atoms with Crippen LogP contribution in [0, 0.1) is 5.92 Å². The maximum atomic E-state index is 12.6. The highest BCUT2D eigenvalue weighted by atomic mass is 16.5. The highest BCUT2D eigenvalue weighted by Gasteiger charge is 2.19. The minimum absolute atomic E-state index is 0.0934. The fraction of sp³-hybridized carbons (Fsp3) is 0.474. The van der Waals surface area contributed by atoms with Crippen LogP contribution in [0.1, 0.15) is 42.5 Å². The van der Waals surface area contributed by atoms with E-state index in [4.69, 9.17) is 9.47 Å². The number of aromatic amines is 1. The molecule has 0 radical (unpaired) electrons. The van der Waals surface area contributed by atoms with E-state index in [1.54, 1.807) is 20.4 Å². The number of H-pyrrole nitrogens is 1. The molecule has 1 fully saturated rings. The molecule has 0 spiro atoms. The van der Waals surface area contributed by atoms with Gasteiger partial charge in [0, 0.05) is 12.1 Å². The third-order valence-electron chi connectivity index (χ3n) is 4.83. The van der Waals surface area contributed by atoms with Gasteiger partial charge in [0.1, 0.15) is 0 Å². The van der Waals surface area contributed by atoms with E-state index in [1.807, 2.05) is 18.2 Å². The van der Waals surface area contributed by atoms with Crippen molar-refractivity contribution in [1.82, 2.24) is 15.5 Å². The number of benzene rings is 1. The number of ether oxygens (including phenoxy) is 2. The molecule has 2 N–H and O–H groups in total. The first-order valence-electron chi connectivity index (χ1n) is 8.77. The lowest BCUT2D eigenvalue weighted by Gasteiger charge is -2.21. The van der Waals surface area contributed by atoms with Crippen molar-refractivity contribution >= 4 is 5.91 Å². The lowest BCUT2D eigenvalue weighted by Crippen LogP contribution is -2.30. The predicted octanol–water partition coefficient (Wildman–Crippen LogP) is 3.40. The topological polar surface area (TPSA) is 76.2 Å². The molecule has 1 heterocycles. The van der Waals surface area contributed by atoms with Gasteiger partial charge in [-0.2, -0.15) is 5.10 Å². The van der Waals surface area contributed by atoms with Gasteiger partial charge in [0.25, 0.3) is 5.91 Å². The van der Waals surface area contributed by atoms with Crippen molar-refractivity contribution in [3.8, 4) is 22.8 Å². The van der Waals surface area contributed by atoms with E-state index in [0.717, 1.165) is 12.1 Å². The summed E-state index contributed by atoms with van der Waals surface area (Å²) >= 11 is 0. The number of aromatic nitrogens is 2. The molecule has 6 heteroatoms. The van der Waals surface area contributed by atoms with E-state index in [2.05, 4.69) is 15.5 Å². The molecule has 1 amide bonds. The Kier molecular flexibility index (Phi) is 5.58. The molecule has 134 valence electrons. The Balaban J connectivity index is 1.74. The van der Waals surface area contributed by atoms with Crippen LogP contribution < -0.4 is 14.8 Å². The van der Waals surface area contributed by atoms with Crippen LogP contribution in [0.25, 0.3) is 11.3 Å². The molecule has 3 rings (SSSR count). The van der Waals surface area contributed by atoms with Crippen LogP contribution in [0.3, 0.4) is 0 Å². The Morgan fingerprint density at radius 2 is 1.96 bits per heavy atom. The lowest BCUT2D eigenvalue weighted by molar-refractivity contribution is 0.0944. The van der Waals surface area contributed by atoms with Crippen LogP contribution in [-0.2, 0) is 0 Å². The summed E-state index contributed by atoms with van der Waals surface area (Å²) in [5.41, 5.74) is 2.06. The van der Waals surface area contributed by atoms with Crippen LogP contribution in [0.4, 0.5) is 0 Å². The number of amides is 1. The number of nitrogens with one attached hydrogen (secondary N) is 2. The average Bonchev–Trinajstić information content (AvgIpc) is 3.16. The van der Waals surface area contributed by atoms with Crippen molar-refractivity contribution in [1.29, 1.82) is 0 Å². The van der Waals surface area contributed by atoms with Gasteiger partial charge in [-0.3, -0.25) is 9.89 Å². The van der Waals surface area contributed by atoms with Crippen molar-refractivity contribution in [2.75, 3.05) is 20.8 Å². The number of carbonyl (C=O) groups is 1. The van der Waals surface area contributed by atoms with Crippen LogP contribution in [0.5, 0.6) is 11.5 Å². The van der Waals surface area contributed by atoms with E-state index in [1.165, 1.54) is 32.1 Å². The molecule has 0 bridgehead atoms. The Bertz CT molecular complexity index is 720. The molecule has 6 nitrogen and oxygen atoms in total. The zero-order valence-electron chi connectivity index (χ0n) is 14.8. The average molecular weight is 343 g/mol. The molecule has 1 aromatic heterocycles. The summed E-state index contributed by atoms with van der Waals surface area (Å²) in [6.45, 7) is 0.732. The Morgan fingerprint density at radius 1 is 1.20 bits per heavy atom. The number of hydrogen-bond donors (Lipinski definition) is 2. The van der Waals surface area contributed by atoms with E-state index in [9.17, 15) is 4.79 Å². The Morgan fingerprint density at radius 3 is 2.68 bits per heavy atom. The van der Waals surface area contributed by atoms with E-state index in [-0.39, 0.29) is 5.91 Å². The minimum atomic E-state index is -0.0934. The third kappa shape index (κ3) is 3.95. The summed E-state index contributed by atoms with van der Waals surface area (Å²) < 4.78 is 10.6. The molecule has 0 atom stereocenters. The highest BCUT2D eigenvalue weighted by Crippen LogP contribution is 2.32. The standard InChI is InChI=1S/C19H25N3O3/c1-24-16-9-8-14(10-17(16)25-2)18-15(12-21-22-18)19(23)20-11-13-6-4-3-5-7-13/h8-10,12-13H,3-7,11H2,1-2H3,(H,20,23)(H,21,22). The third-order valence-corrected chi connectivity index (χ3v) is 4.83. The summed E-state index contributed by atoms with van der Waals surface area (Å²) in [6.07, 6.45) is 7.83. The minimum Gasteiger partial charge on any atom is -0.493 e. The second-order valence-corrected chi connectivity index (χ2v) is 6.44. The van der Waals surface area contributed by atoms with E-state index < -0.39 is 0 Å². The van der Waals surface area contributed by atoms with Gasteiger partial charge in [-0.25, -0.2) is 0 Å². The van der Waals surface area contributed by atoms with Gasteiger partial charge < -0.3 is 14.8 Å². The molecule has 0 saturated heterocycles. The first kappa shape index (κ1) is 17.3. The summed E-state index contributed by atoms with van der Waals surface area (Å²) in [5, 5.41) is 10.0. The van der Waals surface area contributed by atoms with Crippen molar-refractivity contribution in [2.24, 2.45) is 5.92 Å². The van der Waals surface area contributed by atoms with Gasteiger partial charge in [0.2, 0.25) is 0 Å². The largest absolute Gasteiger partial charge is 0.493 e. The maximum absolute atomic E-state index is 12.6. The van der Waals surface area contributed by atoms with Gasteiger partial charge in [-0.1, -0.05) is 19.3 Å². The first-order valence-corrected chi connectivity index (χ1v) is 8.77. The van der Waals surface area contributed by atoms with Crippen molar-refractivity contribution in [3.05, 3.63) is 30.0 Å². The molecule has 25 heavy (non-hydrogen) atoms. The van der Waals surface area contributed by atoms with Crippen molar-refractivity contribution in [3.63, 3.8) is 0 Å². The molecule has 2 aromatic rings. The number of rotatable bonds is 6. The SMILES string of the molecule is COc1ccc(-c2[nH]ncc2C(=O)NCC2CCCCC2)cc1OC. The highest BCUT2D eigenvalue weighted by molar-refractivity contribution is 5.99. The molecule has 1 aliphatic carbocycles. The van der Waals surface area contributed by atoms with Gasteiger partial charge in [-0.15, -0.1) is 0 Å². The van der Waals surface area contributed by atoms with E-state index >= 15 is 0 Å². The Labute approximate surface area is 147 Å². The predicted molar refractivity (Wildman–Crippen MR) is 96.0 cm³/mol. The van der Waals surface area contributed by atoms with Crippen molar-refractivity contribution in [2.45, 2.75) is 32.1 Å². The van der Waals surface area contributed by atoms with E-state index in [0.29, 0.717) is 28.7 Å². The zero-order valence-corrected chi connectivity index (χ0v) is 14.8. The maximum Gasteiger partial charge on any atom is 0.255 e. The van der Waals surface area contributed by atoms with Crippen LogP contribution in [0.15, 0.2) is 24.4 Å². The quantitative estimate of drug-likeness (QED) is 0.843. The molecule has 1 aliphatic rings. The normalized spacial score (nSPS) is 15.0. The monoisotopic (exact) mass is 343 g/mol. The van der Waals surface area contributed by atoms with Gasteiger partial charge in [-0.05, 0) is 37.0 Å². The molecule has 1 saturated carbocycles. The summed E-state index contributed by atoms with van der Waals surface area (Å²) in [7, 11) is 3.18. The molecular formula is C19H25N3O3. The number of methoxy groups -OCH3 is 2. The van der Waals surface area contributed by atoms with Crippen LogP contribution in [-0.4, -0.2) is 36.9 Å². The van der Waals surface area contributed by atoms with Crippen LogP contribution >= 0.6 is 0 Å².